The van der Waals surface area contributed by atoms with Crippen LogP contribution >= 0.6 is 0 Å². The van der Waals surface area contributed by atoms with Crippen molar-refractivity contribution in [1.29, 1.82) is 0 Å². The van der Waals surface area contributed by atoms with Gasteiger partial charge in [-0.1, -0.05) is 43.2 Å². The van der Waals surface area contributed by atoms with Gasteiger partial charge in [0.05, 0.1) is 0 Å². The summed E-state index contributed by atoms with van der Waals surface area (Å²) in [7, 11) is 1.80. The first kappa shape index (κ1) is 17.5. The second-order valence-corrected chi connectivity index (χ2v) is 6.54. The van der Waals surface area contributed by atoms with Gasteiger partial charge in [0.15, 0.2) is 0 Å². The number of amides is 1. The molecule has 4 nitrogen and oxygen atoms in total. The Morgan fingerprint density at radius 3 is 2.48 bits per heavy atom. The number of hydrogen-bond donors (Lipinski definition) is 0. The van der Waals surface area contributed by atoms with Crippen molar-refractivity contribution in [2.45, 2.75) is 45.1 Å². The Balaban J connectivity index is 1.63. The molecule has 0 radical (unpaired) electrons. The summed E-state index contributed by atoms with van der Waals surface area (Å²) in [4.78, 5) is 24.2. The molecule has 0 spiro atoms. The van der Waals surface area contributed by atoms with Crippen LogP contribution in [0.15, 0.2) is 30.3 Å². The van der Waals surface area contributed by atoms with Crippen LogP contribution in [0, 0.1) is 11.8 Å². The van der Waals surface area contributed by atoms with E-state index in [-0.39, 0.29) is 6.09 Å². The van der Waals surface area contributed by atoms with Crippen molar-refractivity contribution in [3.05, 3.63) is 35.9 Å². The van der Waals surface area contributed by atoms with Crippen LogP contribution in [-0.4, -0.2) is 30.9 Å². The van der Waals surface area contributed by atoms with Crippen LogP contribution in [-0.2, 0) is 16.1 Å². The predicted octanol–water partition coefficient (Wildman–Crippen LogP) is 4.04. The molecule has 2 rings (SSSR count). The van der Waals surface area contributed by atoms with Gasteiger partial charge in [-0.3, -0.25) is 0 Å². The highest BCUT2D eigenvalue weighted by atomic mass is 16.6. The highest BCUT2D eigenvalue weighted by Gasteiger charge is 2.21. The fraction of sp³-hybridized carbons (Fsp3) is 0.579. The van der Waals surface area contributed by atoms with E-state index >= 15 is 0 Å². The van der Waals surface area contributed by atoms with Crippen molar-refractivity contribution in [2.75, 3.05) is 13.6 Å². The maximum Gasteiger partial charge on any atom is 0.409 e. The lowest BCUT2D eigenvalue weighted by molar-refractivity contribution is -0.108. The molecular formula is C19H27NO3. The number of benzene rings is 1. The molecule has 23 heavy (non-hydrogen) atoms. The topological polar surface area (TPSA) is 46.6 Å². The minimum absolute atomic E-state index is 0.261. The Bertz CT molecular complexity index is 481. The molecule has 1 aliphatic rings. The molecule has 0 aromatic heterocycles. The molecule has 4 heteroatoms. The predicted molar refractivity (Wildman–Crippen MR) is 90.0 cm³/mol. The minimum Gasteiger partial charge on any atom is -0.445 e. The molecule has 0 aliphatic heterocycles. The summed E-state index contributed by atoms with van der Waals surface area (Å²) in [6, 6.07) is 9.72. The van der Waals surface area contributed by atoms with E-state index in [1.165, 1.54) is 12.8 Å². The molecule has 1 aliphatic carbocycles. The molecule has 1 aromatic carbocycles. The average molecular weight is 317 g/mol. The molecule has 1 fully saturated rings. The maximum atomic E-state index is 12.0. The van der Waals surface area contributed by atoms with Gasteiger partial charge < -0.3 is 14.4 Å². The summed E-state index contributed by atoms with van der Waals surface area (Å²) < 4.78 is 5.33. The van der Waals surface area contributed by atoms with E-state index in [1.807, 2.05) is 30.3 Å². The Labute approximate surface area is 138 Å². The zero-order valence-corrected chi connectivity index (χ0v) is 13.9. The number of rotatable bonds is 7. The van der Waals surface area contributed by atoms with Crippen molar-refractivity contribution in [1.82, 2.24) is 4.90 Å². The summed E-state index contributed by atoms with van der Waals surface area (Å²) in [6.07, 6.45) is 7.14. The first-order valence-electron chi connectivity index (χ1n) is 8.54. The van der Waals surface area contributed by atoms with Crippen molar-refractivity contribution >= 4 is 12.4 Å². The lowest BCUT2D eigenvalue weighted by Gasteiger charge is -2.28. The summed E-state index contributed by atoms with van der Waals surface area (Å²) >= 11 is 0. The lowest BCUT2D eigenvalue weighted by atomic mass is 9.79. The van der Waals surface area contributed by atoms with Crippen LogP contribution < -0.4 is 0 Å². The van der Waals surface area contributed by atoms with Crippen molar-refractivity contribution in [3.8, 4) is 0 Å². The zero-order chi connectivity index (χ0) is 16.5. The first-order chi connectivity index (χ1) is 11.2. The second kappa shape index (κ2) is 9.33. The smallest absolute Gasteiger partial charge is 0.409 e. The number of hydrogen-bond acceptors (Lipinski definition) is 3. The SMILES string of the molecule is CN(CCC1CCC(CC=O)CC1)C(=O)OCc1ccccc1. The highest BCUT2D eigenvalue weighted by Crippen LogP contribution is 2.32. The fourth-order valence-electron chi connectivity index (χ4n) is 3.19. The van der Waals surface area contributed by atoms with Crippen molar-refractivity contribution in [2.24, 2.45) is 11.8 Å². The van der Waals surface area contributed by atoms with Crippen LogP contribution in [0.2, 0.25) is 0 Å². The second-order valence-electron chi connectivity index (χ2n) is 6.54. The number of ether oxygens (including phenoxy) is 1. The number of carbonyl (C=O) groups is 2. The van der Waals surface area contributed by atoms with Gasteiger partial charge in [0.1, 0.15) is 12.9 Å². The molecule has 1 aromatic rings. The van der Waals surface area contributed by atoms with Gasteiger partial charge in [-0.25, -0.2) is 4.79 Å². The molecule has 0 bridgehead atoms. The van der Waals surface area contributed by atoms with Crippen molar-refractivity contribution < 1.29 is 14.3 Å². The molecule has 0 saturated heterocycles. The molecule has 0 unspecified atom stereocenters. The molecule has 1 amide bonds. The summed E-state index contributed by atoms with van der Waals surface area (Å²) in [6.45, 7) is 1.05. The van der Waals surface area contributed by atoms with Crippen LogP contribution in [0.3, 0.4) is 0 Å². The molecule has 1 saturated carbocycles. The van der Waals surface area contributed by atoms with Crippen molar-refractivity contribution in [3.63, 3.8) is 0 Å². The van der Waals surface area contributed by atoms with Gasteiger partial charge in [-0.15, -0.1) is 0 Å². The van der Waals surface area contributed by atoms with E-state index in [0.29, 0.717) is 24.9 Å². The highest BCUT2D eigenvalue weighted by molar-refractivity contribution is 5.67. The Morgan fingerprint density at radius 2 is 1.83 bits per heavy atom. The average Bonchev–Trinajstić information content (AvgIpc) is 2.60. The van der Waals surface area contributed by atoms with Gasteiger partial charge in [0, 0.05) is 20.0 Å². The Morgan fingerprint density at radius 1 is 1.17 bits per heavy atom. The third kappa shape index (κ3) is 6.05. The van der Waals surface area contributed by atoms with Gasteiger partial charge in [-0.05, 0) is 36.7 Å². The van der Waals surface area contributed by atoms with E-state index < -0.39 is 0 Å². The quantitative estimate of drug-likeness (QED) is 0.713. The first-order valence-corrected chi connectivity index (χ1v) is 8.54. The number of carbonyl (C=O) groups excluding carboxylic acids is 2. The minimum atomic E-state index is -0.261. The van der Waals surface area contributed by atoms with Gasteiger partial charge in [0.25, 0.3) is 0 Å². The van der Waals surface area contributed by atoms with Crippen LogP contribution in [0.5, 0.6) is 0 Å². The Hall–Kier alpha value is -1.84. The third-order valence-corrected chi connectivity index (χ3v) is 4.79. The standard InChI is InChI=1S/C19H27NO3/c1-20(19(22)23-15-18-5-3-2-4-6-18)13-11-16-7-9-17(10-8-16)12-14-21/h2-6,14,16-17H,7-13,15H2,1H3. The fourth-order valence-corrected chi connectivity index (χ4v) is 3.19. The van der Waals surface area contributed by atoms with Crippen LogP contribution in [0.1, 0.15) is 44.1 Å². The Kier molecular flexibility index (Phi) is 7.11. The van der Waals surface area contributed by atoms with E-state index in [2.05, 4.69) is 0 Å². The van der Waals surface area contributed by atoms with E-state index in [1.54, 1.807) is 11.9 Å². The summed E-state index contributed by atoms with van der Waals surface area (Å²) in [5.41, 5.74) is 1.00. The van der Waals surface area contributed by atoms with Crippen LogP contribution in [0.4, 0.5) is 4.79 Å². The molecule has 0 heterocycles. The summed E-state index contributed by atoms with van der Waals surface area (Å²) in [5, 5.41) is 0. The van der Waals surface area contributed by atoms with E-state index in [0.717, 1.165) is 37.7 Å². The zero-order valence-electron chi connectivity index (χ0n) is 13.9. The maximum absolute atomic E-state index is 12.0. The van der Waals surface area contributed by atoms with Crippen LogP contribution in [0.25, 0.3) is 0 Å². The largest absolute Gasteiger partial charge is 0.445 e. The monoisotopic (exact) mass is 317 g/mol. The van der Waals surface area contributed by atoms with Gasteiger partial charge in [0.2, 0.25) is 0 Å². The molecule has 0 atom stereocenters. The normalized spacial score (nSPS) is 20.7. The summed E-state index contributed by atoms with van der Waals surface area (Å²) in [5.74, 6) is 1.25. The number of aldehydes is 1. The van der Waals surface area contributed by atoms with Gasteiger partial charge in [-0.2, -0.15) is 0 Å². The molecule has 126 valence electrons. The van der Waals surface area contributed by atoms with Gasteiger partial charge >= 0.3 is 6.09 Å². The van der Waals surface area contributed by atoms with E-state index in [4.69, 9.17) is 4.74 Å². The third-order valence-electron chi connectivity index (χ3n) is 4.79. The molecule has 0 N–H and O–H groups in total. The number of nitrogens with zero attached hydrogens (tertiary/aromatic N) is 1. The lowest BCUT2D eigenvalue weighted by Crippen LogP contribution is -2.30. The molecular weight excluding hydrogens is 290 g/mol. The van der Waals surface area contributed by atoms with E-state index in [9.17, 15) is 9.59 Å².